The topological polar surface area (TPSA) is 54.9 Å². The van der Waals surface area contributed by atoms with Crippen LogP contribution >= 0.6 is 11.3 Å². The molecule has 5 heteroatoms. The van der Waals surface area contributed by atoms with Gasteiger partial charge in [0.05, 0.1) is 0 Å². The van der Waals surface area contributed by atoms with E-state index in [4.69, 9.17) is 0 Å². The fourth-order valence-electron chi connectivity index (χ4n) is 2.17. The molecule has 0 aliphatic carbocycles. The van der Waals surface area contributed by atoms with Crippen molar-refractivity contribution in [3.05, 3.63) is 89.7 Å². The van der Waals surface area contributed by atoms with Gasteiger partial charge >= 0.3 is 0 Å². The Morgan fingerprint density at radius 3 is 2.50 bits per heavy atom. The van der Waals surface area contributed by atoms with Crippen LogP contribution in [0.15, 0.2) is 57.4 Å². The first-order valence-electron chi connectivity index (χ1n) is 6.76. The number of hydrogen-bond donors (Lipinski definition) is 1. The van der Waals surface area contributed by atoms with Crippen LogP contribution in [0, 0.1) is 0 Å². The molecule has 2 heterocycles. The fraction of sp³-hybridized carbons (Fsp3) is 0.0588. The summed E-state index contributed by atoms with van der Waals surface area (Å²) in [6.45, 7) is 0. The van der Waals surface area contributed by atoms with Gasteiger partial charge in [0.1, 0.15) is 10.7 Å². The lowest BCUT2D eigenvalue weighted by Crippen LogP contribution is -2.52. The Labute approximate surface area is 130 Å². The summed E-state index contributed by atoms with van der Waals surface area (Å²) in [5.74, 6) is 0. The van der Waals surface area contributed by atoms with Crippen LogP contribution in [0.5, 0.6) is 0 Å². The molecule has 0 saturated carbocycles. The second-order valence-corrected chi connectivity index (χ2v) is 5.81. The van der Waals surface area contributed by atoms with Crippen LogP contribution in [0.3, 0.4) is 0 Å². The SMILES string of the molecule is Cn1c(=O)/c(=C/c2ccccc2)[nH]c(=O)/c1=C/c1cccs1. The van der Waals surface area contributed by atoms with Crippen LogP contribution in [0.25, 0.3) is 12.2 Å². The highest BCUT2D eigenvalue weighted by molar-refractivity contribution is 7.10. The van der Waals surface area contributed by atoms with E-state index in [0.29, 0.717) is 5.35 Å². The van der Waals surface area contributed by atoms with Gasteiger partial charge in [0, 0.05) is 11.9 Å². The maximum Gasteiger partial charge on any atom is 0.274 e. The van der Waals surface area contributed by atoms with Crippen molar-refractivity contribution in [3.63, 3.8) is 0 Å². The third-order valence-electron chi connectivity index (χ3n) is 3.31. The molecule has 0 aliphatic heterocycles. The number of nitrogens with zero attached hydrogens (tertiary/aromatic N) is 1. The van der Waals surface area contributed by atoms with Gasteiger partial charge in [0.15, 0.2) is 0 Å². The molecule has 0 bridgehead atoms. The second-order valence-electron chi connectivity index (χ2n) is 4.83. The number of benzene rings is 1. The molecule has 0 saturated heterocycles. The van der Waals surface area contributed by atoms with Crippen molar-refractivity contribution < 1.29 is 0 Å². The summed E-state index contributed by atoms with van der Waals surface area (Å²) in [7, 11) is 1.61. The Kier molecular flexibility index (Phi) is 3.89. The summed E-state index contributed by atoms with van der Waals surface area (Å²) in [6.07, 6.45) is 3.40. The standard InChI is InChI=1S/C17H14N2O2S/c1-19-15(11-13-8-5-9-22-13)16(20)18-14(17(19)21)10-12-6-3-2-4-7-12/h2-11H,1H3,(H,18,20)/b14-10-,15-11-. The largest absolute Gasteiger partial charge is 0.316 e. The molecule has 0 radical (unpaired) electrons. The fourth-order valence-corrected chi connectivity index (χ4v) is 2.82. The maximum absolute atomic E-state index is 12.4. The van der Waals surface area contributed by atoms with Gasteiger partial charge in [-0.05, 0) is 29.2 Å². The molecule has 110 valence electrons. The van der Waals surface area contributed by atoms with Crippen LogP contribution in [-0.4, -0.2) is 9.55 Å². The molecule has 22 heavy (non-hydrogen) atoms. The summed E-state index contributed by atoms with van der Waals surface area (Å²) in [5.41, 5.74) is 0.356. The average Bonchev–Trinajstić information content (AvgIpc) is 3.03. The Morgan fingerprint density at radius 1 is 1.05 bits per heavy atom. The van der Waals surface area contributed by atoms with Gasteiger partial charge in [-0.25, -0.2) is 0 Å². The summed E-state index contributed by atoms with van der Waals surface area (Å²) in [6, 6.07) is 13.2. The van der Waals surface area contributed by atoms with Crippen molar-refractivity contribution in [1.82, 2.24) is 9.55 Å². The molecule has 1 aromatic carbocycles. The minimum Gasteiger partial charge on any atom is -0.316 e. The Hall–Kier alpha value is -2.66. The molecule has 4 nitrogen and oxygen atoms in total. The molecule has 2 aromatic heterocycles. The quantitative estimate of drug-likeness (QED) is 0.761. The predicted molar refractivity (Wildman–Crippen MR) is 89.4 cm³/mol. The summed E-state index contributed by atoms with van der Waals surface area (Å²) in [5, 5.41) is 2.55. The normalized spacial score (nSPS) is 12.8. The van der Waals surface area contributed by atoms with Crippen molar-refractivity contribution in [3.8, 4) is 0 Å². The van der Waals surface area contributed by atoms with Crippen molar-refractivity contribution >= 4 is 23.5 Å². The molecule has 0 spiro atoms. The number of aromatic nitrogens is 2. The summed E-state index contributed by atoms with van der Waals surface area (Å²) < 4.78 is 1.38. The Bertz CT molecular complexity index is 1010. The number of H-pyrrole nitrogens is 1. The third-order valence-corrected chi connectivity index (χ3v) is 4.13. The lowest BCUT2D eigenvalue weighted by Gasteiger charge is -1.99. The molecule has 0 aliphatic rings. The first kappa shape index (κ1) is 14.3. The van der Waals surface area contributed by atoms with E-state index in [9.17, 15) is 9.59 Å². The van der Waals surface area contributed by atoms with Gasteiger partial charge in [0.2, 0.25) is 0 Å². The van der Waals surface area contributed by atoms with E-state index in [2.05, 4.69) is 4.98 Å². The highest BCUT2D eigenvalue weighted by Gasteiger charge is 2.01. The smallest absolute Gasteiger partial charge is 0.274 e. The van der Waals surface area contributed by atoms with E-state index in [1.165, 1.54) is 15.9 Å². The van der Waals surface area contributed by atoms with Crippen LogP contribution in [-0.2, 0) is 7.05 Å². The molecule has 3 aromatic rings. The van der Waals surface area contributed by atoms with Crippen LogP contribution < -0.4 is 21.8 Å². The van der Waals surface area contributed by atoms with Gasteiger partial charge in [-0.2, -0.15) is 0 Å². The first-order chi connectivity index (χ1) is 10.6. The lowest BCUT2D eigenvalue weighted by atomic mass is 10.2. The van der Waals surface area contributed by atoms with E-state index < -0.39 is 0 Å². The molecular formula is C17H14N2O2S. The lowest BCUT2D eigenvalue weighted by molar-refractivity contribution is 0.776. The molecular weight excluding hydrogens is 296 g/mol. The highest BCUT2D eigenvalue weighted by Crippen LogP contribution is 2.07. The van der Waals surface area contributed by atoms with E-state index in [-0.39, 0.29) is 16.5 Å². The highest BCUT2D eigenvalue weighted by atomic mass is 32.1. The van der Waals surface area contributed by atoms with Crippen LogP contribution in [0.1, 0.15) is 10.4 Å². The van der Waals surface area contributed by atoms with Crippen LogP contribution in [0.2, 0.25) is 0 Å². The average molecular weight is 310 g/mol. The van der Waals surface area contributed by atoms with Gasteiger partial charge in [0.25, 0.3) is 11.1 Å². The zero-order valence-electron chi connectivity index (χ0n) is 11.9. The minimum atomic E-state index is -0.280. The van der Waals surface area contributed by atoms with Crippen molar-refractivity contribution in [2.75, 3.05) is 0 Å². The maximum atomic E-state index is 12.4. The molecule has 1 N–H and O–H groups in total. The molecule has 0 amide bonds. The molecule has 0 unspecified atom stereocenters. The summed E-state index contributed by atoms with van der Waals surface area (Å²) >= 11 is 1.52. The molecule has 0 atom stereocenters. The predicted octanol–water partition coefficient (Wildman–Crippen LogP) is 0.793. The van der Waals surface area contributed by atoms with Gasteiger partial charge in [-0.3, -0.25) is 9.59 Å². The van der Waals surface area contributed by atoms with Gasteiger partial charge in [-0.15, -0.1) is 11.3 Å². The monoisotopic (exact) mass is 310 g/mol. The third kappa shape index (κ3) is 2.84. The van der Waals surface area contributed by atoms with Crippen molar-refractivity contribution in [2.45, 2.75) is 0 Å². The van der Waals surface area contributed by atoms with Gasteiger partial charge < -0.3 is 9.55 Å². The van der Waals surface area contributed by atoms with E-state index in [0.717, 1.165) is 10.4 Å². The van der Waals surface area contributed by atoms with Crippen LogP contribution in [0.4, 0.5) is 0 Å². The number of nitrogens with one attached hydrogen (secondary N) is 1. The Balaban J connectivity index is 2.25. The van der Waals surface area contributed by atoms with E-state index >= 15 is 0 Å². The Morgan fingerprint density at radius 2 is 1.82 bits per heavy atom. The zero-order chi connectivity index (χ0) is 15.5. The molecule has 3 rings (SSSR count). The van der Waals surface area contributed by atoms with Crippen molar-refractivity contribution in [2.24, 2.45) is 7.05 Å². The molecule has 0 fully saturated rings. The number of hydrogen-bond acceptors (Lipinski definition) is 3. The minimum absolute atomic E-state index is 0.230. The number of thiophene rings is 1. The number of aromatic amines is 1. The second kappa shape index (κ2) is 5.99. The summed E-state index contributed by atoms with van der Waals surface area (Å²) in [4.78, 5) is 28.3. The van der Waals surface area contributed by atoms with E-state index in [1.54, 1.807) is 19.2 Å². The zero-order valence-corrected chi connectivity index (χ0v) is 12.8. The van der Waals surface area contributed by atoms with Gasteiger partial charge in [-0.1, -0.05) is 36.4 Å². The van der Waals surface area contributed by atoms with E-state index in [1.807, 2.05) is 47.8 Å². The van der Waals surface area contributed by atoms with Crippen molar-refractivity contribution in [1.29, 1.82) is 0 Å². The number of rotatable bonds is 2. The first-order valence-corrected chi connectivity index (χ1v) is 7.64.